The lowest BCUT2D eigenvalue weighted by atomic mass is 10.1. The van der Waals surface area contributed by atoms with Crippen molar-refractivity contribution in [3.63, 3.8) is 0 Å². The van der Waals surface area contributed by atoms with Crippen LogP contribution < -0.4 is 73.1 Å². The number of halogens is 4. The summed E-state index contributed by atoms with van der Waals surface area (Å²) in [4.78, 5) is 85.9. The number of nitrogens with one attached hydrogen (secondary N) is 5. The predicted octanol–water partition coefficient (Wildman–Crippen LogP) is 10.7. The molecule has 0 aromatic heterocycles. The molecule has 30 nitrogen and oxygen atoms in total. The highest BCUT2D eigenvalue weighted by Gasteiger charge is 2.32. The minimum Gasteiger partial charge on any atom is -0.501 e. The van der Waals surface area contributed by atoms with Crippen molar-refractivity contribution >= 4 is 151 Å². The Bertz CT molecular complexity index is 3900. The third kappa shape index (κ3) is 33.1. The Labute approximate surface area is 647 Å². The molecule has 5 amide bonds. The van der Waals surface area contributed by atoms with E-state index in [1.165, 1.54) is 81.8 Å². The number of rotatable bonds is 11. The van der Waals surface area contributed by atoms with E-state index in [0.717, 1.165) is 75.7 Å². The zero-order valence-electron chi connectivity index (χ0n) is 60.8. The Balaban J connectivity index is 0.000000322. The zero-order chi connectivity index (χ0) is 80.3. The SMILES string of the molecule is C1CCOC1.CC(=O)N=NC(C)=O.CCO.COC(=O)[C@H](C)O.C[C@H]1Oc2c(N)cccc2NC1=O.C[C@H]1Oc2c(cc(Cl)cc2[N+](=O)[O-])NC1=O.C[C@H]1Oc2c(cccc2N2CCNCC2)NC1=O.ClCCNCCCl.Nc1cc(Cl)cc([N+](=O)[O-])c1O.c1ccc(P(c2ccccc2)c2ccccc2)cc1. The Morgan fingerprint density at radius 3 is 1.44 bits per heavy atom. The summed E-state index contributed by atoms with van der Waals surface area (Å²) in [5.74, 6) is 0.0860. The van der Waals surface area contributed by atoms with Gasteiger partial charge in [-0.05, 0) is 108 Å². The molecular formula is C73H91Cl4N12O18P. The predicted molar refractivity (Wildman–Crippen MR) is 423 cm³/mol. The first kappa shape index (κ1) is 92.4. The van der Waals surface area contributed by atoms with Crippen LogP contribution in [0.4, 0.5) is 45.5 Å². The van der Waals surface area contributed by atoms with Crippen molar-refractivity contribution in [2.45, 2.75) is 85.7 Å². The number of nitro groups is 2. The number of aliphatic hydroxyl groups is 2. The van der Waals surface area contributed by atoms with Crippen LogP contribution in [-0.4, -0.2) is 163 Å². The number of nitro benzene ring substituents is 2. The minimum absolute atomic E-state index is 0.0431. The number of piperazine rings is 1. The summed E-state index contributed by atoms with van der Waals surface area (Å²) in [6.07, 6.45) is -0.101. The number of anilines is 6. The number of nitrogen functional groups attached to an aromatic ring is 2. The topological polar surface area (TPSA) is 436 Å². The van der Waals surface area contributed by atoms with E-state index in [4.69, 9.17) is 92.1 Å². The maximum atomic E-state index is 11.6. The van der Waals surface area contributed by atoms with Crippen molar-refractivity contribution in [2.24, 2.45) is 10.2 Å². The molecule has 7 aromatic carbocycles. The lowest BCUT2D eigenvalue weighted by molar-refractivity contribution is -0.386. The number of carbonyl (C=O) groups excluding carboxylic acids is 6. The number of ether oxygens (including phenoxy) is 5. The number of nitrogens with zero attached hydrogens (tertiary/aromatic N) is 5. The fourth-order valence-electron chi connectivity index (χ4n) is 9.02. The van der Waals surface area contributed by atoms with Crippen LogP contribution in [0, 0.1) is 20.2 Å². The van der Waals surface area contributed by atoms with E-state index in [0.29, 0.717) is 28.9 Å². The fraction of sp³-hybridized carbons (Fsp3) is 0.342. The molecule has 0 spiro atoms. The molecule has 2 saturated heterocycles. The molecule has 0 aliphatic carbocycles. The number of alkyl halides is 2. The van der Waals surface area contributed by atoms with Gasteiger partial charge >= 0.3 is 17.3 Å². The standard InChI is InChI=1S/C18H15P.C13H17N3O2.C9H7ClN2O4.C9H10N2O2.C6H5ClN2O3.C4H9Cl2N.C4H6N2O2.C4H8O3.C4H8O.C2H6O/c1-4-10-16(11-5-1)19(17-12-6-2-7-13-17)18-14-8-3-9-15-18;1-9-13(17)15-10-3-2-4-11(12(10)18-9)16-7-5-14-6-8-16;1-4-9(13)11-6-2-5(10)3-7(12(14)15)8(6)16-4;1-5-9(12)11-7-4-2-3-6(10)8(7)13-5;7-3-1-4(8)6(10)5(2-3)9(11)12;5-1-3-7-4-2-6;1-3(7)5-6-4(2)8;1-3(5)4(6)7-2;1-2-4-5-3-1;1-2-3/h1-15H;2-4,9,14H,5-8H2,1H3,(H,15,17);2-4H,1H3,(H,11,13);2-5H,10H2,1H3,(H,11,12);1-2,10H,8H2;7H,1-4H2;1-2H3;3,5H,1-2H3;1-4H2;3H,2H2,1H3/t;9-;4-;5-;;;;3-;;/m.111...0../s1. The highest BCUT2D eigenvalue weighted by atomic mass is 35.5. The van der Waals surface area contributed by atoms with Crippen LogP contribution in [0.3, 0.4) is 0 Å². The minimum atomic E-state index is -0.995. The average Bonchev–Trinajstić information content (AvgIpc) is 0.925. The van der Waals surface area contributed by atoms with Gasteiger partial charge in [0.05, 0.1) is 51.1 Å². The third-order valence-electron chi connectivity index (χ3n) is 14.1. The van der Waals surface area contributed by atoms with E-state index in [1.54, 1.807) is 39.0 Å². The molecule has 0 unspecified atom stereocenters. The summed E-state index contributed by atoms with van der Waals surface area (Å²) in [7, 11) is 0.785. The number of carbonyl (C=O) groups is 6. The summed E-state index contributed by atoms with van der Waals surface area (Å²) in [6.45, 7) is 18.3. The van der Waals surface area contributed by atoms with Crippen molar-refractivity contribution in [2.75, 3.05) is 110 Å². The second-order valence-electron chi connectivity index (χ2n) is 22.6. The van der Waals surface area contributed by atoms with Gasteiger partial charge in [0.25, 0.3) is 29.5 Å². The van der Waals surface area contributed by atoms with Gasteiger partial charge in [-0.1, -0.05) is 126 Å². The van der Waals surface area contributed by atoms with E-state index in [9.17, 15) is 49.0 Å². The molecule has 35 heteroatoms. The van der Waals surface area contributed by atoms with Crippen LogP contribution in [0.5, 0.6) is 23.0 Å². The number of hydrogen-bond donors (Lipinski definition) is 10. The smallest absolute Gasteiger partial charge is 0.334 e. The molecule has 108 heavy (non-hydrogen) atoms. The van der Waals surface area contributed by atoms with Gasteiger partial charge < -0.3 is 82.0 Å². The number of fused-ring (bicyclic) bond motifs is 3. The molecule has 2 fully saturated rings. The Morgan fingerprint density at radius 1 is 0.639 bits per heavy atom. The van der Waals surface area contributed by atoms with Crippen molar-refractivity contribution in [1.82, 2.24) is 10.6 Å². The Hall–Kier alpha value is -9.85. The monoisotopic (exact) mass is 1590 g/mol. The van der Waals surface area contributed by atoms with Crippen LogP contribution in [0.1, 0.15) is 61.3 Å². The van der Waals surface area contributed by atoms with Gasteiger partial charge in [-0.15, -0.1) is 33.4 Å². The van der Waals surface area contributed by atoms with Crippen LogP contribution in [0.15, 0.2) is 162 Å². The summed E-state index contributed by atoms with van der Waals surface area (Å²) in [6, 6.07) is 48.4. The summed E-state index contributed by atoms with van der Waals surface area (Å²) < 4.78 is 25.3. The number of amides is 5. The molecule has 12 rings (SSSR count). The maximum Gasteiger partial charge on any atom is 0.334 e. The number of aliphatic hydroxyl groups excluding tert-OH is 2. The average molecular weight is 1600 g/mol. The first-order valence-electron chi connectivity index (χ1n) is 33.5. The van der Waals surface area contributed by atoms with Crippen molar-refractivity contribution in [3.8, 4) is 23.0 Å². The number of hydrogen-bond acceptors (Lipinski definition) is 23. The normalized spacial score (nSPS) is 15.4. The molecule has 12 N–H and O–H groups in total. The van der Waals surface area contributed by atoms with Crippen molar-refractivity contribution < 1.29 is 77.6 Å². The molecule has 5 heterocycles. The molecule has 4 atom stereocenters. The highest BCUT2D eigenvalue weighted by Crippen LogP contribution is 2.42. The second-order valence-corrected chi connectivity index (χ2v) is 26.4. The van der Waals surface area contributed by atoms with E-state index in [-0.39, 0.29) is 57.2 Å². The number of azo groups is 1. The third-order valence-corrected chi connectivity index (χ3v) is 17.3. The quantitative estimate of drug-likeness (QED) is 0.00662. The maximum absolute atomic E-state index is 11.6. The molecule has 0 saturated carbocycles. The number of esters is 1. The van der Waals surface area contributed by atoms with Crippen molar-refractivity contribution in [1.29, 1.82) is 0 Å². The molecule has 5 aliphatic rings. The van der Waals surface area contributed by atoms with Gasteiger partial charge in [-0.2, -0.15) is 0 Å². The number of nitrogens with two attached hydrogens (primary N) is 2. The number of aromatic hydroxyl groups is 1. The largest absolute Gasteiger partial charge is 0.501 e. The van der Waals surface area contributed by atoms with Gasteiger partial charge in [0.1, 0.15) is 6.10 Å². The number of phenolic OH excluding ortho intramolecular Hbond substituents is 1. The van der Waals surface area contributed by atoms with Crippen LogP contribution in [0.2, 0.25) is 10.0 Å². The highest BCUT2D eigenvalue weighted by molar-refractivity contribution is 7.79. The number of benzene rings is 7. The van der Waals surface area contributed by atoms with E-state index in [1.807, 2.05) is 18.2 Å². The number of para-hydroxylation sites is 2. The molecule has 584 valence electrons. The molecular weight excluding hydrogens is 1510 g/mol. The zero-order valence-corrected chi connectivity index (χ0v) is 64.7. The molecule has 5 aliphatic heterocycles. The van der Waals surface area contributed by atoms with Crippen molar-refractivity contribution in [3.05, 3.63) is 182 Å². The number of methoxy groups -OCH3 is 1. The Kier molecular flexibility index (Phi) is 43.3. The van der Waals surface area contributed by atoms with Gasteiger partial charge in [0.15, 0.2) is 29.8 Å². The molecule has 0 bridgehead atoms. The second kappa shape index (κ2) is 50.7. The van der Waals surface area contributed by atoms with Crippen LogP contribution in [0.25, 0.3) is 0 Å². The van der Waals surface area contributed by atoms with E-state index in [2.05, 4.69) is 137 Å². The lowest BCUT2D eigenvalue weighted by Crippen LogP contribution is -2.44. The van der Waals surface area contributed by atoms with Gasteiger partial charge in [0.2, 0.25) is 11.5 Å². The lowest BCUT2D eigenvalue weighted by Gasteiger charge is -2.33. The molecule has 0 radical (unpaired) electrons. The van der Waals surface area contributed by atoms with Crippen LogP contribution in [-0.2, 0) is 38.2 Å². The molecule has 7 aromatic rings. The summed E-state index contributed by atoms with van der Waals surface area (Å²) >= 11 is 21.8. The first-order valence-corrected chi connectivity index (χ1v) is 36.7. The van der Waals surface area contributed by atoms with Gasteiger partial charge in [0, 0.05) is 107 Å². The summed E-state index contributed by atoms with van der Waals surface area (Å²) in [5.41, 5.74) is 13.3. The van der Waals surface area contributed by atoms with Crippen LogP contribution >= 0.6 is 54.3 Å². The number of phenols is 1. The van der Waals surface area contributed by atoms with E-state index >= 15 is 0 Å². The van der Waals surface area contributed by atoms with E-state index < -0.39 is 71.4 Å². The fourth-order valence-corrected chi connectivity index (χ4v) is 12.0. The van der Waals surface area contributed by atoms with Gasteiger partial charge in [-0.3, -0.25) is 44.2 Å². The Morgan fingerprint density at radius 2 is 1.05 bits per heavy atom. The summed E-state index contributed by atoms with van der Waals surface area (Å²) in [5, 5.41) is 70.8. The van der Waals surface area contributed by atoms with Gasteiger partial charge in [-0.25, -0.2) is 4.79 Å². The first-order chi connectivity index (χ1) is 51.5.